The molecular formula is C34H36N2O6. The largest absolute Gasteiger partial charge is 0.506 e. The van der Waals surface area contributed by atoms with Crippen LogP contribution < -0.4 is 24.8 Å². The molecule has 8 nitrogen and oxygen atoms in total. The summed E-state index contributed by atoms with van der Waals surface area (Å²) in [5, 5.41) is 18.3. The minimum absolute atomic E-state index is 0.0250. The van der Waals surface area contributed by atoms with Gasteiger partial charge in [-0.1, -0.05) is 49.6 Å². The van der Waals surface area contributed by atoms with Gasteiger partial charge >= 0.3 is 0 Å². The van der Waals surface area contributed by atoms with E-state index in [1.807, 2.05) is 24.3 Å². The molecule has 42 heavy (non-hydrogen) atoms. The van der Waals surface area contributed by atoms with Crippen molar-refractivity contribution < 1.29 is 28.9 Å². The van der Waals surface area contributed by atoms with Crippen LogP contribution in [0.25, 0.3) is 10.8 Å². The third kappa shape index (κ3) is 6.60. The number of carbonyl (C=O) groups excluding carboxylic acids is 2. The second-order valence-corrected chi connectivity index (χ2v) is 10.7. The number of hydrogen-bond donors (Lipinski definition) is 3. The van der Waals surface area contributed by atoms with Crippen LogP contribution in [0.2, 0.25) is 0 Å². The number of ether oxygens (including phenoxy) is 3. The van der Waals surface area contributed by atoms with Crippen LogP contribution in [0.1, 0.15) is 44.6 Å². The van der Waals surface area contributed by atoms with Gasteiger partial charge in [-0.2, -0.15) is 0 Å². The number of methoxy groups -OCH3 is 1. The molecule has 0 saturated heterocycles. The third-order valence-electron chi connectivity index (χ3n) is 7.64. The number of anilines is 2. The molecule has 1 aliphatic rings. The number of aryl methyl sites for hydroxylation is 1. The minimum Gasteiger partial charge on any atom is -0.506 e. The molecule has 5 rings (SSSR count). The highest BCUT2D eigenvalue weighted by atomic mass is 16.5. The predicted molar refractivity (Wildman–Crippen MR) is 164 cm³/mol. The van der Waals surface area contributed by atoms with E-state index in [4.69, 9.17) is 14.2 Å². The second kappa shape index (κ2) is 12.9. The third-order valence-corrected chi connectivity index (χ3v) is 7.64. The average Bonchev–Trinajstić information content (AvgIpc) is 2.99. The van der Waals surface area contributed by atoms with E-state index in [1.165, 1.54) is 19.1 Å². The van der Waals surface area contributed by atoms with Crippen LogP contribution in [0.5, 0.6) is 28.7 Å². The molecule has 1 saturated carbocycles. The van der Waals surface area contributed by atoms with Crippen LogP contribution in [0, 0.1) is 12.8 Å². The molecule has 4 aromatic rings. The summed E-state index contributed by atoms with van der Waals surface area (Å²) in [6.45, 7) is 3.40. The van der Waals surface area contributed by atoms with Crippen molar-refractivity contribution >= 4 is 34.0 Å². The number of phenols is 1. The number of hydrogen-bond acceptors (Lipinski definition) is 6. The van der Waals surface area contributed by atoms with Gasteiger partial charge in [-0.15, -0.1) is 0 Å². The topological polar surface area (TPSA) is 106 Å². The first-order chi connectivity index (χ1) is 20.3. The van der Waals surface area contributed by atoms with Gasteiger partial charge in [-0.05, 0) is 61.0 Å². The number of aromatic hydroxyl groups is 1. The summed E-state index contributed by atoms with van der Waals surface area (Å²) in [4.78, 5) is 25.8. The van der Waals surface area contributed by atoms with Gasteiger partial charge < -0.3 is 30.0 Å². The lowest BCUT2D eigenvalue weighted by molar-refractivity contribution is -0.125. The van der Waals surface area contributed by atoms with Crippen LogP contribution >= 0.6 is 0 Å². The number of benzene rings is 4. The van der Waals surface area contributed by atoms with Crippen molar-refractivity contribution in [1.82, 2.24) is 0 Å². The molecule has 2 amide bonds. The maximum absolute atomic E-state index is 14.0. The highest BCUT2D eigenvalue weighted by molar-refractivity contribution is 5.98. The summed E-state index contributed by atoms with van der Waals surface area (Å²) in [7, 11) is 1.58. The summed E-state index contributed by atoms with van der Waals surface area (Å²) in [6, 6.07) is 21.8. The molecule has 1 aliphatic carbocycles. The first-order valence-corrected chi connectivity index (χ1v) is 14.2. The first-order valence-electron chi connectivity index (χ1n) is 14.2. The van der Waals surface area contributed by atoms with E-state index >= 15 is 0 Å². The standard InChI is InChI=1S/C34H36N2O6/c1-21-9-7-13-27-26(21)12-8-14-31(27)42-33(23-10-5-4-6-11-23)34(39)36-29-19-30(38)28(35-22(2)37)20-32(29)41-25-17-15-24(40-3)16-18-25/h7-9,12-20,23,33,38H,4-6,10-11H2,1-3H3,(H,35,37)(H,36,39). The van der Waals surface area contributed by atoms with Crippen molar-refractivity contribution in [2.45, 2.75) is 52.1 Å². The van der Waals surface area contributed by atoms with E-state index in [0.717, 1.165) is 48.4 Å². The fourth-order valence-corrected chi connectivity index (χ4v) is 5.49. The molecule has 1 atom stereocenters. The van der Waals surface area contributed by atoms with E-state index in [9.17, 15) is 14.7 Å². The van der Waals surface area contributed by atoms with Crippen molar-refractivity contribution in [2.24, 2.45) is 5.92 Å². The van der Waals surface area contributed by atoms with Crippen molar-refractivity contribution in [3.05, 3.63) is 78.4 Å². The van der Waals surface area contributed by atoms with Crippen molar-refractivity contribution in [1.29, 1.82) is 0 Å². The fourth-order valence-electron chi connectivity index (χ4n) is 5.49. The Morgan fingerprint density at radius 1 is 0.833 bits per heavy atom. The van der Waals surface area contributed by atoms with Crippen LogP contribution in [0.4, 0.5) is 11.4 Å². The Balaban J connectivity index is 1.49. The van der Waals surface area contributed by atoms with Crippen molar-refractivity contribution in [3.8, 4) is 28.7 Å². The zero-order chi connectivity index (χ0) is 29.6. The molecule has 4 aromatic carbocycles. The van der Waals surface area contributed by atoms with Crippen molar-refractivity contribution in [3.63, 3.8) is 0 Å². The van der Waals surface area contributed by atoms with Gasteiger partial charge in [0.1, 0.15) is 23.0 Å². The second-order valence-electron chi connectivity index (χ2n) is 10.7. The summed E-state index contributed by atoms with van der Waals surface area (Å²) in [6.07, 6.45) is 4.20. The Hall–Kier alpha value is -4.72. The summed E-state index contributed by atoms with van der Waals surface area (Å²) >= 11 is 0. The van der Waals surface area contributed by atoms with Crippen LogP contribution in [-0.2, 0) is 9.59 Å². The molecule has 0 aromatic heterocycles. The molecule has 0 spiro atoms. The Morgan fingerprint density at radius 2 is 1.52 bits per heavy atom. The smallest absolute Gasteiger partial charge is 0.265 e. The molecule has 0 aliphatic heterocycles. The molecule has 0 radical (unpaired) electrons. The van der Waals surface area contributed by atoms with Gasteiger partial charge in [0.2, 0.25) is 5.91 Å². The van der Waals surface area contributed by atoms with Gasteiger partial charge in [0.15, 0.2) is 11.9 Å². The zero-order valence-electron chi connectivity index (χ0n) is 24.1. The Labute approximate surface area is 245 Å². The molecule has 1 unspecified atom stereocenters. The number of phenolic OH excluding ortho intramolecular Hbond substituents is 1. The lowest BCUT2D eigenvalue weighted by atomic mass is 9.84. The zero-order valence-corrected chi connectivity index (χ0v) is 24.1. The molecule has 218 valence electrons. The van der Waals surface area contributed by atoms with Crippen LogP contribution in [0.15, 0.2) is 72.8 Å². The molecule has 3 N–H and O–H groups in total. The number of nitrogens with one attached hydrogen (secondary N) is 2. The minimum atomic E-state index is -0.762. The average molecular weight is 569 g/mol. The van der Waals surface area contributed by atoms with Crippen LogP contribution in [-0.4, -0.2) is 30.1 Å². The van der Waals surface area contributed by atoms with Crippen LogP contribution in [0.3, 0.4) is 0 Å². The van der Waals surface area contributed by atoms with E-state index < -0.39 is 6.10 Å². The van der Waals surface area contributed by atoms with Gasteiger partial charge in [-0.3, -0.25) is 9.59 Å². The maximum atomic E-state index is 14.0. The highest BCUT2D eigenvalue weighted by Crippen LogP contribution is 2.40. The van der Waals surface area contributed by atoms with E-state index in [0.29, 0.717) is 17.2 Å². The molecule has 0 heterocycles. The molecule has 0 bridgehead atoms. The summed E-state index contributed by atoms with van der Waals surface area (Å²) < 4.78 is 17.9. The quantitative estimate of drug-likeness (QED) is 0.180. The number of rotatable bonds is 9. The fraction of sp³-hybridized carbons (Fsp3) is 0.294. The Bertz CT molecular complexity index is 1580. The first kappa shape index (κ1) is 28.8. The molecule has 8 heteroatoms. The Morgan fingerprint density at radius 3 is 2.24 bits per heavy atom. The Kier molecular flexibility index (Phi) is 8.81. The van der Waals surface area contributed by atoms with Crippen molar-refractivity contribution in [2.75, 3.05) is 17.7 Å². The number of amides is 2. The predicted octanol–water partition coefficient (Wildman–Crippen LogP) is 7.58. The lowest BCUT2D eigenvalue weighted by Crippen LogP contribution is -2.40. The SMILES string of the molecule is COc1ccc(Oc2cc(NC(C)=O)c(O)cc2NC(=O)C(Oc2cccc3c(C)cccc23)C2CCCCC2)cc1. The van der Waals surface area contributed by atoms with E-state index in [-0.39, 0.29) is 40.6 Å². The molecular weight excluding hydrogens is 532 g/mol. The number of fused-ring (bicyclic) bond motifs is 1. The summed E-state index contributed by atoms with van der Waals surface area (Å²) in [5.41, 5.74) is 1.54. The van der Waals surface area contributed by atoms with Gasteiger partial charge in [0, 0.05) is 30.4 Å². The van der Waals surface area contributed by atoms with Gasteiger partial charge in [-0.25, -0.2) is 0 Å². The maximum Gasteiger partial charge on any atom is 0.265 e. The summed E-state index contributed by atoms with van der Waals surface area (Å²) in [5.74, 6) is 1.18. The van der Waals surface area contributed by atoms with E-state index in [1.54, 1.807) is 31.4 Å². The normalized spacial score (nSPS) is 14.2. The van der Waals surface area contributed by atoms with E-state index in [2.05, 4.69) is 29.7 Å². The highest BCUT2D eigenvalue weighted by Gasteiger charge is 2.33. The van der Waals surface area contributed by atoms with Gasteiger partial charge in [0.25, 0.3) is 5.91 Å². The molecule has 1 fully saturated rings. The van der Waals surface area contributed by atoms with Gasteiger partial charge in [0.05, 0.1) is 18.5 Å². The lowest BCUT2D eigenvalue weighted by Gasteiger charge is -2.30. The monoisotopic (exact) mass is 568 g/mol. The number of carbonyl (C=O) groups is 2.